The minimum atomic E-state index is -4.43. The van der Waals surface area contributed by atoms with Gasteiger partial charge in [-0.3, -0.25) is 5.01 Å². The average Bonchev–Trinajstić information content (AvgIpc) is 3.11. The van der Waals surface area contributed by atoms with E-state index in [-0.39, 0.29) is 11.1 Å². The highest BCUT2D eigenvalue weighted by Gasteiger charge is 2.31. The first-order valence-corrected chi connectivity index (χ1v) is 11.0. The van der Waals surface area contributed by atoms with Crippen molar-refractivity contribution in [2.45, 2.75) is 11.6 Å². The zero-order chi connectivity index (χ0) is 22.9. The van der Waals surface area contributed by atoms with E-state index < -0.39 is 11.7 Å². The normalized spacial score (nSPS) is 17.8. The molecule has 0 aliphatic carbocycles. The third-order valence-corrected chi connectivity index (χ3v) is 6.44. The van der Waals surface area contributed by atoms with Crippen molar-refractivity contribution in [1.29, 1.82) is 0 Å². The van der Waals surface area contributed by atoms with Crippen molar-refractivity contribution in [3.8, 4) is 11.5 Å². The number of aliphatic imine (C=N–C) groups is 1. The van der Waals surface area contributed by atoms with Gasteiger partial charge in [0.05, 0.1) is 21.3 Å². The molecule has 1 heterocycles. The van der Waals surface area contributed by atoms with Gasteiger partial charge in [0.1, 0.15) is 16.9 Å². The summed E-state index contributed by atoms with van der Waals surface area (Å²) in [7, 11) is 1.84. The lowest BCUT2D eigenvalue weighted by molar-refractivity contribution is -0.137. The van der Waals surface area contributed by atoms with E-state index >= 15 is 0 Å². The highest BCUT2D eigenvalue weighted by molar-refractivity contribution is 8.14. The van der Waals surface area contributed by atoms with Gasteiger partial charge in [0.15, 0.2) is 5.17 Å². The molecule has 4 rings (SSSR count). The van der Waals surface area contributed by atoms with Crippen LogP contribution in [0.25, 0.3) is 0 Å². The molecular formula is C22H16Cl2F3N3OS. The standard InChI is InChI=1S/C22H16Cl2F3N3OS/c1-30-21(28-15-8-9-18(23)19(24)12-15)32-20(29-30)13-4-2-6-16(10-13)31-17-7-3-5-14(11-17)22(25,26)27/h2-12,20,29H,1H3. The smallest absolute Gasteiger partial charge is 0.416 e. The molecule has 0 bridgehead atoms. The van der Waals surface area contributed by atoms with Crippen LogP contribution in [0, 0.1) is 0 Å². The molecule has 1 aliphatic rings. The number of thioether (sulfide) groups is 1. The van der Waals surface area contributed by atoms with E-state index in [2.05, 4.69) is 10.4 Å². The van der Waals surface area contributed by atoms with Gasteiger partial charge in [0.25, 0.3) is 0 Å². The number of hydrazine groups is 1. The van der Waals surface area contributed by atoms with Crippen molar-refractivity contribution in [2.75, 3.05) is 7.05 Å². The van der Waals surface area contributed by atoms with Gasteiger partial charge in [0.2, 0.25) is 0 Å². The Labute approximate surface area is 197 Å². The molecule has 1 atom stereocenters. The van der Waals surface area contributed by atoms with E-state index in [9.17, 15) is 13.2 Å². The van der Waals surface area contributed by atoms with Crippen molar-refractivity contribution in [3.63, 3.8) is 0 Å². The molecule has 1 fully saturated rings. The molecule has 32 heavy (non-hydrogen) atoms. The first-order valence-electron chi connectivity index (χ1n) is 9.34. The lowest BCUT2D eigenvalue weighted by Crippen LogP contribution is -2.30. The predicted octanol–water partition coefficient (Wildman–Crippen LogP) is 7.67. The van der Waals surface area contributed by atoms with Crippen molar-refractivity contribution >= 4 is 45.8 Å². The Hall–Kier alpha value is -2.39. The molecule has 1 aliphatic heterocycles. The highest BCUT2D eigenvalue weighted by atomic mass is 35.5. The number of rotatable bonds is 4. The summed E-state index contributed by atoms with van der Waals surface area (Å²) in [4.78, 5) is 4.60. The van der Waals surface area contributed by atoms with Gasteiger partial charge in [-0.25, -0.2) is 10.4 Å². The van der Waals surface area contributed by atoms with E-state index in [1.54, 1.807) is 41.4 Å². The Morgan fingerprint density at radius 3 is 2.41 bits per heavy atom. The molecular weight excluding hydrogens is 482 g/mol. The minimum absolute atomic E-state index is 0.114. The van der Waals surface area contributed by atoms with Gasteiger partial charge < -0.3 is 4.74 Å². The topological polar surface area (TPSA) is 36.9 Å². The molecule has 0 radical (unpaired) electrons. The summed E-state index contributed by atoms with van der Waals surface area (Å²) in [6.07, 6.45) is -4.43. The Kier molecular flexibility index (Phi) is 6.57. The number of nitrogens with zero attached hydrogens (tertiary/aromatic N) is 2. The van der Waals surface area contributed by atoms with E-state index in [1.165, 1.54) is 23.9 Å². The summed E-state index contributed by atoms with van der Waals surface area (Å²) < 4.78 is 44.5. The van der Waals surface area contributed by atoms with Gasteiger partial charge in [-0.1, -0.05) is 53.2 Å². The average molecular weight is 498 g/mol. The fourth-order valence-corrected chi connectivity index (χ4v) is 4.33. The van der Waals surface area contributed by atoms with Crippen LogP contribution >= 0.6 is 35.0 Å². The number of hydrogen-bond donors (Lipinski definition) is 1. The van der Waals surface area contributed by atoms with Crippen LogP contribution in [-0.2, 0) is 6.18 Å². The molecule has 3 aromatic rings. The number of ether oxygens (including phenoxy) is 1. The molecule has 0 spiro atoms. The van der Waals surface area contributed by atoms with Crippen LogP contribution in [-0.4, -0.2) is 17.2 Å². The monoisotopic (exact) mass is 497 g/mol. The van der Waals surface area contributed by atoms with E-state index in [0.29, 0.717) is 21.5 Å². The van der Waals surface area contributed by atoms with Crippen molar-refractivity contribution in [1.82, 2.24) is 10.4 Å². The summed E-state index contributed by atoms with van der Waals surface area (Å²) >= 11 is 13.5. The molecule has 0 amide bonds. The second-order valence-electron chi connectivity index (χ2n) is 6.88. The molecule has 1 saturated heterocycles. The van der Waals surface area contributed by atoms with Crippen LogP contribution in [0.4, 0.5) is 18.9 Å². The van der Waals surface area contributed by atoms with Crippen LogP contribution in [0.1, 0.15) is 16.5 Å². The van der Waals surface area contributed by atoms with Crippen LogP contribution in [0.2, 0.25) is 10.0 Å². The molecule has 3 aromatic carbocycles. The lowest BCUT2D eigenvalue weighted by atomic mass is 10.2. The van der Waals surface area contributed by atoms with Gasteiger partial charge in [-0.05, 0) is 54.1 Å². The van der Waals surface area contributed by atoms with Gasteiger partial charge in [0, 0.05) is 7.05 Å². The van der Waals surface area contributed by atoms with Gasteiger partial charge in [-0.15, -0.1) is 0 Å². The second kappa shape index (κ2) is 9.23. The van der Waals surface area contributed by atoms with Crippen molar-refractivity contribution in [2.24, 2.45) is 4.99 Å². The molecule has 0 saturated carbocycles. The number of hydrogen-bond acceptors (Lipinski definition) is 4. The SMILES string of the molecule is CN1NC(c2cccc(Oc3cccc(C(F)(F)F)c3)c2)SC1=Nc1ccc(Cl)c(Cl)c1. The third kappa shape index (κ3) is 5.32. The Morgan fingerprint density at radius 1 is 0.969 bits per heavy atom. The number of benzene rings is 3. The maximum atomic E-state index is 13.0. The molecule has 166 valence electrons. The molecule has 10 heteroatoms. The number of amidine groups is 1. The minimum Gasteiger partial charge on any atom is -0.457 e. The largest absolute Gasteiger partial charge is 0.457 e. The predicted molar refractivity (Wildman–Crippen MR) is 123 cm³/mol. The summed E-state index contributed by atoms with van der Waals surface area (Å²) in [6, 6.07) is 17.1. The maximum absolute atomic E-state index is 13.0. The van der Waals surface area contributed by atoms with Gasteiger partial charge in [-0.2, -0.15) is 13.2 Å². The Balaban J connectivity index is 1.51. The fraction of sp³-hybridized carbons (Fsp3) is 0.136. The fourth-order valence-electron chi connectivity index (χ4n) is 2.96. The zero-order valence-corrected chi connectivity index (χ0v) is 18.9. The quantitative estimate of drug-likeness (QED) is 0.401. The number of nitrogens with one attached hydrogen (secondary N) is 1. The zero-order valence-electron chi connectivity index (χ0n) is 16.5. The van der Waals surface area contributed by atoms with Crippen LogP contribution in [0.3, 0.4) is 0 Å². The van der Waals surface area contributed by atoms with Crippen molar-refractivity contribution in [3.05, 3.63) is 87.9 Å². The summed E-state index contributed by atoms with van der Waals surface area (Å²) in [5.41, 5.74) is 4.07. The first-order chi connectivity index (χ1) is 15.2. The van der Waals surface area contributed by atoms with Crippen LogP contribution < -0.4 is 10.2 Å². The Bertz CT molecular complexity index is 1170. The number of alkyl halides is 3. The lowest BCUT2D eigenvalue weighted by Gasteiger charge is -2.14. The first kappa shape index (κ1) is 22.8. The highest BCUT2D eigenvalue weighted by Crippen LogP contribution is 2.38. The molecule has 1 unspecified atom stereocenters. The number of halogens is 5. The van der Waals surface area contributed by atoms with E-state index in [1.807, 2.05) is 13.1 Å². The van der Waals surface area contributed by atoms with E-state index in [0.717, 1.165) is 22.9 Å². The molecule has 1 N–H and O–H groups in total. The maximum Gasteiger partial charge on any atom is 0.416 e. The van der Waals surface area contributed by atoms with Gasteiger partial charge >= 0.3 is 6.18 Å². The van der Waals surface area contributed by atoms with E-state index in [4.69, 9.17) is 27.9 Å². The summed E-state index contributed by atoms with van der Waals surface area (Å²) in [5, 5.41) is 3.22. The Morgan fingerprint density at radius 2 is 1.69 bits per heavy atom. The molecule has 4 nitrogen and oxygen atoms in total. The molecule has 0 aromatic heterocycles. The van der Waals surface area contributed by atoms with Crippen molar-refractivity contribution < 1.29 is 17.9 Å². The second-order valence-corrected chi connectivity index (χ2v) is 8.77. The summed E-state index contributed by atoms with van der Waals surface area (Å²) in [6.45, 7) is 0. The van der Waals surface area contributed by atoms with Crippen LogP contribution in [0.15, 0.2) is 71.7 Å². The van der Waals surface area contributed by atoms with Crippen LogP contribution in [0.5, 0.6) is 11.5 Å². The summed E-state index contributed by atoms with van der Waals surface area (Å²) in [5.74, 6) is 0.546. The third-order valence-electron chi connectivity index (χ3n) is 4.51.